The van der Waals surface area contributed by atoms with Crippen LogP contribution in [0.25, 0.3) is 0 Å². The highest BCUT2D eigenvalue weighted by atomic mass is 19.1. The SMILES string of the molecule is CCCC(NC(=O)NCc1ccc(F)cc1)C(=O)NCCNC(C)=O. The molecule has 4 amide bonds. The fourth-order valence-electron chi connectivity index (χ4n) is 2.10. The van der Waals surface area contributed by atoms with Crippen LogP contribution in [0.1, 0.15) is 32.3 Å². The van der Waals surface area contributed by atoms with Crippen molar-refractivity contribution in [1.29, 1.82) is 0 Å². The van der Waals surface area contributed by atoms with E-state index in [4.69, 9.17) is 0 Å². The molecule has 0 aliphatic rings. The maximum Gasteiger partial charge on any atom is 0.315 e. The Balaban J connectivity index is 2.41. The summed E-state index contributed by atoms with van der Waals surface area (Å²) in [7, 11) is 0. The van der Waals surface area contributed by atoms with Crippen LogP contribution in [0.15, 0.2) is 24.3 Å². The second-order valence-corrected chi connectivity index (χ2v) is 5.57. The summed E-state index contributed by atoms with van der Waals surface area (Å²) in [6, 6.07) is 4.66. The zero-order valence-electron chi connectivity index (χ0n) is 14.5. The lowest BCUT2D eigenvalue weighted by Crippen LogP contribution is -2.50. The summed E-state index contributed by atoms with van der Waals surface area (Å²) < 4.78 is 12.8. The number of urea groups is 1. The van der Waals surface area contributed by atoms with Crippen LogP contribution in [-0.2, 0) is 16.1 Å². The smallest absolute Gasteiger partial charge is 0.315 e. The van der Waals surface area contributed by atoms with Crippen molar-refractivity contribution in [2.75, 3.05) is 13.1 Å². The number of hydrogen-bond acceptors (Lipinski definition) is 3. The predicted molar refractivity (Wildman–Crippen MR) is 92.2 cm³/mol. The zero-order chi connectivity index (χ0) is 18.7. The van der Waals surface area contributed by atoms with Crippen molar-refractivity contribution in [1.82, 2.24) is 21.3 Å². The lowest BCUT2D eigenvalue weighted by Gasteiger charge is -2.18. The summed E-state index contributed by atoms with van der Waals surface area (Å²) in [6.07, 6.45) is 1.22. The molecule has 0 heterocycles. The molecular formula is C17H25FN4O3. The number of carbonyl (C=O) groups excluding carboxylic acids is 3. The molecule has 25 heavy (non-hydrogen) atoms. The average molecular weight is 352 g/mol. The summed E-state index contributed by atoms with van der Waals surface area (Å²) in [5.74, 6) is -0.811. The Morgan fingerprint density at radius 2 is 1.68 bits per heavy atom. The second kappa shape index (κ2) is 11.0. The van der Waals surface area contributed by atoms with Crippen LogP contribution in [0.4, 0.5) is 9.18 Å². The molecule has 0 aliphatic carbocycles. The molecule has 0 spiro atoms. The van der Waals surface area contributed by atoms with Gasteiger partial charge in [-0.25, -0.2) is 9.18 Å². The third kappa shape index (κ3) is 8.69. The van der Waals surface area contributed by atoms with Crippen LogP contribution >= 0.6 is 0 Å². The van der Waals surface area contributed by atoms with E-state index in [0.29, 0.717) is 13.0 Å². The molecule has 0 saturated heterocycles. The van der Waals surface area contributed by atoms with E-state index in [1.807, 2.05) is 6.92 Å². The Morgan fingerprint density at radius 3 is 2.28 bits per heavy atom. The molecule has 0 bridgehead atoms. The highest BCUT2D eigenvalue weighted by Gasteiger charge is 2.19. The topological polar surface area (TPSA) is 99.3 Å². The van der Waals surface area contributed by atoms with Gasteiger partial charge in [-0.05, 0) is 24.1 Å². The second-order valence-electron chi connectivity index (χ2n) is 5.57. The van der Waals surface area contributed by atoms with E-state index in [0.717, 1.165) is 12.0 Å². The van der Waals surface area contributed by atoms with Gasteiger partial charge in [-0.15, -0.1) is 0 Å². The molecule has 1 unspecified atom stereocenters. The molecule has 1 rings (SSSR count). The predicted octanol–water partition coefficient (Wildman–Crippen LogP) is 1.05. The van der Waals surface area contributed by atoms with E-state index in [9.17, 15) is 18.8 Å². The van der Waals surface area contributed by atoms with Gasteiger partial charge in [0.1, 0.15) is 11.9 Å². The molecule has 0 radical (unpaired) electrons. The number of amides is 4. The summed E-state index contributed by atoms with van der Waals surface area (Å²) in [6.45, 7) is 4.16. The number of hydrogen-bond donors (Lipinski definition) is 4. The van der Waals surface area contributed by atoms with Gasteiger partial charge >= 0.3 is 6.03 Å². The van der Waals surface area contributed by atoms with Crippen LogP contribution in [0.2, 0.25) is 0 Å². The van der Waals surface area contributed by atoms with Gasteiger partial charge in [-0.1, -0.05) is 25.5 Å². The van der Waals surface area contributed by atoms with Gasteiger partial charge in [0.05, 0.1) is 0 Å². The molecule has 0 aliphatic heterocycles. The van der Waals surface area contributed by atoms with Crippen molar-refractivity contribution in [3.05, 3.63) is 35.6 Å². The van der Waals surface area contributed by atoms with E-state index >= 15 is 0 Å². The first kappa shape index (κ1) is 20.4. The van der Waals surface area contributed by atoms with Gasteiger partial charge in [0.2, 0.25) is 11.8 Å². The molecule has 0 aromatic heterocycles. The molecule has 8 heteroatoms. The Labute approximate surface area is 146 Å². The van der Waals surface area contributed by atoms with E-state index < -0.39 is 12.1 Å². The number of rotatable bonds is 9. The summed E-state index contributed by atoms with van der Waals surface area (Å²) in [5, 5.41) is 10.5. The third-order valence-electron chi connectivity index (χ3n) is 3.36. The Bertz CT molecular complexity index is 578. The van der Waals surface area contributed by atoms with E-state index in [-0.39, 0.29) is 30.7 Å². The van der Waals surface area contributed by atoms with Crippen molar-refractivity contribution in [3.8, 4) is 0 Å². The summed E-state index contributed by atoms with van der Waals surface area (Å²) in [5.41, 5.74) is 0.753. The highest BCUT2D eigenvalue weighted by molar-refractivity contribution is 5.87. The normalized spacial score (nSPS) is 11.3. The first-order valence-electron chi connectivity index (χ1n) is 8.23. The van der Waals surface area contributed by atoms with Crippen LogP contribution in [0, 0.1) is 5.82 Å². The number of benzene rings is 1. The lowest BCUT2D eigenvalue weighted by molar-refractivity contribution is -0.123. The van der Waals surface area contributed by atoms with Gasteiger partial charge in [0.15, 0.2) is 0 Å². The van der Waals surface area contributed by atoms with Gasteiger partial charge in [-0.2, -0.15) is 0 Å². The van der Waals surface area contributed by atoms with E-state index in [1.165, 1.54) is 19.1 Å². The van der Waals surface area contributed by atoms with Gasteiger partial charge in [0, 0.05) is 26.6 Å². The molecule has 7 nitrogen and oxygen atoms in total. The quantitative estimate of drug-likeness (QED) is 0.500. The molecular weight excluding hydrogens is 327 g/mol. The first-order chi connectivity index (χ1) is 11.9. The van der Waals surface area contributed by atoms with Crippen LogP contribution in [-0.4, -0.2) is 37.0 Å². The molecule has 138 valence electrons. The summed E-state index contributed by atoms with van der Waals surface area (Å²) in [4.78, 5) is 34.8. The summed E-state index contributed by atoms with van der Waals surface area (Å²) >= 11 is 0. The number of nitrogens with one attached hydrogen (secondary N) is 4. The monoisotopic (exact) mass is 352 g/mol. The third-order valence-corrected chi connectivity index (χ3v) is 3.36. The minimum Gasteiger partial charge on any atom is -0.355 e. The van der Waals surface area contributed by atoms with E-state index in [2.05, 4.69) is 21.3 Å². The number of carbonyl (C=O) groups is 3. The highest BCUT2D eigenvalue weighted by Crippen LogP contribution is 2.02. The molecule has 1 aromatic rings. The molecule has 1 atom stereocenters. The molecule has 0 fully saturated rings. The Kier molecular flexibility index (Phi) is 8.99. The maximum absolute atomic E-state index is 12.8. The van der Waals surface area contributed by atoms with Crippen molar-refractivity contribution in [2.45, 2.75) is 39.3 Å². The Hall–Kier alpha value is -2.64. The fraction of sp³-hybridized carbons (Fsp3) is 0.471. The number of halogens is 1. The Morgan fingerprint density at radius 1 is 1.04 bits per heavy atom. The van der Waals surface area contributed by atoms with Gasteiger partial charge in [-0.3, -0.25) is 9.59 Å². The maximum atomic E-state index is 12.8. The lowest BCUT2D eigenvalue weighted by atomic mass is 10.1. The van der Waals surface area contributed by atoms with E-state index in [1.54, 1.807) is 12.1 Å². The van der Waals surface area contributed by atoms with Gasteiger partial charge < -0.3 is 21.3 Å². The minimum atomic E-state index is -0.657. The van der Waals surface area contributed by atoms with Crippen molar-refractivity contribution in [2.24, 2.45) is 0 Å². The van der Waals surface area contributed by atoms with Gasteiger partial charge in [0.25, 0.3) is 0 Å². The zero-order valence-corrected chi connectivity index (χ0v) is 14.5. The first-order valence-corrected chi connectivity index (χ1v) is 8.23. The minimum absolute atomic E-state index is 0.169. The average Bonchev–Trinajstić information content (AvgIpc) is 2.57. The fourth-order valence-corrected chi connectivity index (χ4v) is 2.10. The van der Waals surface area contributed by atoms with Crippen LogP contribution < -0.4 is 21.3 Å². The largest absolute Gasteiger partial charge is 0.355 e. The standard InChI is InChI=1S/C17H25FN4O3/c1-3-4-15(16(24)20-10-9-19-12(2)23)22-17(25)21-11-13-5-7-14(18)8-6-13/h5-8,15H,3-4,9-11H2,1-2H3,(H,19,23)(H,20,24)(H2,21,22,25). The van der Waals surface area contributed by atoms with Crippen molar-refractivity contribution >= 4 is 17.8 Å². The van der Waals surface area contributed by atoms with Crippen LogP contribution in [0.3, 0.4) is 0 Å². The molecule has 0 saturated carbocycles. The van der Waals surface area contributed by atoms with Crippen LogP contribution in [0.5, 0.6) is 0 Å². The van der Waals surface area contributed by atoms with Crippen molar-refractivity contribution < 1.29 is 18.8 Å². The molecule has 4 N–H and O–H groups in total. The molecule has 1 aromatic carbocycles. The van der Waals surface area contributed by atoms with Crippen molar-refractivity contribution in [3.63, 3.8) is 0 Å².